The average Bonchev–Trinajstić information content (AvgIpc) is 3.46. The molecule has 8 heteroatoms. The van der Waals surface area contributed by atoms with Crippen LogP contribution < -0.4 is 10.1 Å². The maximum Gasteiger partial charge on any atom is 0.230 e. The Bertz CT molecular complexity index is 1110. The molecule has 0 saturated carbocycles. The molecule has 0 fully saturated rings. The standard InChI is InChI=1S/C22H20N4O3S/c1-28-19-12-6-5-11-18(19)21-24-25-22(26(21)16-8-3-2-4-9-16)30-15-20(27)23-14-17-10-7-13-29-17/h2-13H,14-15H2,1H3,(H,23,27). The minimum atomic E-state index is -0.113. The van der Waals surface area contributed by atoms with Crippen molar-refractivity contribution in [3.63, 3.8) is 0 Å². The highest BCUT2D eigenvalue weighted by atomic mass is 32.2. The van der Waals surface area contributed by atoms with Crippen LogP contribution in [0.5, 0.6) is 5.75 Å². The van der Waals surface area contributed by atoms with E-state index in [4.69, 9.17) is 9.15 Å². The summed E-state index contributed by atoms with van der Waals surface area (Å²) in [7, 11) is 1.63. The van der Waals surface area contributed by atoms with Gasteiger partial charge in [-0.05, 0) is 36.4 Å². The SMILES string of the molecule is COc1ccccc1-c1nnc(SCC(=O)NCc2ccco2)n1-c1ccccc1. The van der Waals surface area contributed by atoms with Crippen LogP contribution in [-0.2, 0) is 11.3 Å². The van der Waals surface area contributed by atoms with E-state index in [2.05, 4.69) is 15.5 Å². The summed E-state index contributed by atoms with van der Waals surface area (Å²) in [6.45, 7) is 0.351. The van der Waals surface area contributed by atoms with Gasteiger partial charge in [0.15, 0.2) is 11.0 Å². The molecule has 4 aromatic rings. The van der Waals surface area contributed by atoms with E-state index < -0.39 is 0 Å². The molecule has 0 aliphatic heterocycles. The number of amides is 1. The summed E-state index contributed by atoms with van der Waals surface area (Å²) in [4.78, 5) is 12.3. The van der Waals surface area contributed by atoms with E-state index in [1.165, 1.54) is 11.8 Å². The number of thioether (sulfide) groups is 1. The molecule has 0 bridgehead atoms. The number of para-hydroxylation sites is 2. The summed E-state index contributed by atoms with van der Waals surface area (Å²) < 4.78 is 12.7. The smallest absolute Gasteiger partial charge is 0.230 e. The molecule has 0 unspecified atom stereocenters. The van der Waals surface area contributed by atoms with E-state index in [-0.39, 0.29) is 11.7 Å². The van der Waals surface area contributed by atoms with Crippen molar-refractivity contribution in [2.75, 3.05) is 12.9 Å². The molecule has 0 aliphatic carbocycles. The summed E-state index contributed by atoms with van der Waals surface area (Å²) >= 11 is 1.32. The monoisotopic (exact) mass is 420 g/mol. The van der Waals surface area contributed by atoms with Crippen LogP contribution in [0.4, 0.5) is 0 Å². The summed E-state index contributed by atoms with van der Waals surface area (Å²) in [5, 5.41) is 12.2. The largest absolute Gasteiger partial charge is 0.496 e. The lowest BCUT2D eigenvalue weighted by Gasteiger charge is -2.12. The van der Waals surface area contributed by atoms with E-state index in [0.29, 0.717) is 29.0 Å². The summed E-state index contributed by atoms with van der Waals surface area (Å²) in [5.41, 5.74) is 1.73. The number of carbonyl (C=O) groups is 1. The fourth-order valence-electron chi connectivity index (χ4n) is 2.96. The number of aromatic nitrogens is 3. The first-order chi connectivity index (χ1) is 14.8. The second-order valence-electron chi connectivity index (χ2n) is 6.32. The zero-order valence-corrected chi connectivity index (χ0v) is 17.1. The highest BCUT2D eigenvalue weighted by Gasteiger charge is 2.19. The van der Waals surface area contributed by atoms with E-state index >= 15 is 0 Å². The van der Waals surface area contributed by atoms with Gasteiger partial charge in [0, 0.05) is 5.69 Å². The lowest BCUT2D eigenvalue weighted by Crippen LogP contribution is -2.24. The van der Waals surface area contributed by atoms with Gasteiger partial charge in [-0.2, -0.15) is 0 Å². The molecule has 0 aliphatic rings. The minimum Gasteiger partial charge on any atom is -0.496 e. The summed E-state index contributed by atoms with van der Waals surface area (Å²) in [6.07, 6.45) is 1.58. The second-order valence-corrected chi connectivity index (χ2v) is 7.26. The first kappa shape index (κ1) is 19.8. The van der Waals surface area contributed by atoms with Crippen LogP contribution in [0, 0.1) is 0 Å². The number of methoxy groups -OCH3 is 1. The van der Waals surface area contributed by atoms with Crippen molar-refractivity contribution in [3.8, 4) is 22.8 Å². The Balaban J connectivity index is 1.59. The van der Waals surface area contributed by atoms with Gasteiger partial charge in [0.2, 0.25) is 5.91 Å². The van der Waals surface area contributed by atoms with Gasteiger partial charge in [-0.25, -0.2) is 0 Å². The van der Waals surface area contributed by atoms with E-state index in [9.17, 15) is 4.79 Å². The molecule has 1 amide bonds. The van der Waals surface area contributed by atoms with Gasteiger partial charge < -0.3 is 14.5 Å². The first-order valence-electron chi connectivity index (χ1n) is 9.32. The number of hydrogen-bond donors (Lipinski definition) is 1. The van der Waals surface area contributed by atoms with Gasteiger partial charge in [-0.1, -0.05) is 42.1 Å². The zero-order valence-electron chi connectivity index (χ0n) is 16.3. The van der Waals surface area contributed by atoms with Crippen LogP contribution in [0.25, 0.3) is 17.1 Å². The average molecular weight is 420 g/mol. The number of nitrogens with one attached hydrogen (secondary N) is 1. The third kappa shape index (κ3) is 4.38. The quantitative estimate of drug-likeness (QED) is 0.435. The Morgan fingerprint density at radius 3 is 2.63 bits per heavy atom. The molecular formula is C22H20N4O3S. The number of carbonyl (C=O) groups excluding carboxylic acids is 1. The lowest BCUT2D eigenvalue weighted by atomic mass is 10.2. The lowest BCUT2D eigenvalue weighted by molar-refractivity contribution is -0.118. The Morgan fingerprint density at radius 2 is 1.87 bits per heavy atom. The van der Waals surface area contributed by atoms with E-state index in [0.717, 1.165) is 11.3 Å². The topological polar surface area (TPSA) is 82.2 Å². The zero-order chi connectivity index (χ0) is 20.8. The van der Waals surface area contributed by atoms with Gasteiger partial charge in [0.1, 0.15) is 11.5 Å². The number of benzene rings is 2. The second kappa shape index (κ2) is 9.32. The number of ether oxygens (including phenoxy) is 1. The van der Waals surface area contributed by atoms with Gasteiger partial charge >= 0.3 is 0 Å². The Morgan fingerprint density at radius 1 is 1.07 bits per heavy atom. The van der Waals surface area contributed by atoms with Crippen molar-refractivity contribution in [2.45, 2.75) is 11.7 Å². The van der Waals surface area contributed by atoms with Crippen molar-refractivity contribution in [1.82, 2.24) is 20.1 Å². The van der Waals surface area contributed by atoms with Crippen LogP contribution in [-0.4, -0.2) is 33.5 Å². The number of nitrogens with zero attached hydrogens (tertiary/aromatic N) is 3. The van der Waals surface area contributed by atoms with Crippen molar-refractivity contribution in [1.29, 1.82) is 0 Å². The van der Waals surface area contributed by atoms with Gasteiger partial charge in [0.05, 0.1) is 31.2 Å². The van der Waals surface area contributed by atoms with Crippen molar-refractivity contribution in [2.24, 2.45) is 0 Å². The van der Waals surface area contributed by atoms with Gasteiger partial charge in [-0.15, -0.1) is 10.2 Å². The van der Waals surface area contributed by atoms with Crippen molar-refractivity contribution in [3.05, 3.63) is 78.8 Å². The van der Waals surface area contributed by atoms with Crippen LogP contribution in [0.3, 0.4) is 0 Å². The van der Waals surface area contributed by atoms with Crippen molar-refractivity contribution < 1.29 is 13.9 Å². The number of hydrogen-bond acceptors (Lipinski definition) is 6. The Hall–Kier alpha value is -3.52. The molecule has 0 saturated heterocycles. The maximum absolute atomic E-state index is 12.3. The summed E-state index contributed by atoms with van der Waals surface area (Å²) in [5.74, 6) is 2.15. The molecule has 0 atom stereocenters. The van der Waals surface area contributed by atoms with Crippen LogP contribution in [0.15, 0.2) is 82.6 Å². The highest BCUT2D eigenvalue weighted by Crippen LogP contribution is 2.33. The Labute approximate surface area is 178 Å². The molecule has 2 heterocycles. The maximum atomic E-state index is 12.3. The van der Waals surface area contributed by atoms with Crippen LogP contribution in [0.1, 0.15) is 5.76 Å². The molecule has 0 radical (unpaired) electrons. The highest BCUT2D eigenvalue weighted by molar-refractivity contribution is 7.99. The molecule has 30 heavy (non-hydrogen) atoms. The molecular weight excluding hydrogens is 400 g/mol. The van der Waals surface area contributed by atoms with Gasteiger partial charge in [-0.3, -0.25) is 9.36 Å². The van der Waals surface area contributed by atoms with E-state index in [1.54, 1.807) is 19.4 Å². The van der Waals surface area contributed by atoms with Crippen LogP contribution in [0.2, 0.25) is 0 Å². The minimum absolute atomic E-state index is 0.113. The fourth-order valence-corrected chi connectivity index (χ4v) is 3.74. The molecule has 2 aromatic heterocycles. The molecule has 4 rings (SSSR count). The molecule has 7 nitrogen and oxygen atoms in total. The normalized spacial score (nSPS) is 10.7. The molecule has 0 spiro atoms. The van der Waals surface area contributed by atoms with Crippen LogP contribution >= 0.6 is 11.8 Å². The van der Waals surface area contributed by atoms with Gasteiger partial charge in [0.25, 0.3) is 0 Å². The molecule has 1 N–H and O–H groups in total. The number of rotatable bonds is 8. The number of furan rings is 1. The summed E-state index contributed by atoms with van der Waals surface area (Å²) in [6, 6.07) is 21.1. The third-order valence-electron chi connectivity index (χ3n) is 4.37. The molecule has 2 aromatic carbocycles. The molecule has 152 valence electrons. The predicted molar refractivity (Wildman–Crippen MR) is 115 cm³/mol. The van der Waals surface area contributed by atoms with Crippen molar-refractivity contribution >= 4 is 17.7 Å². The third-order valence-corrected chi connectivity index (χ3v) is 5.30. The Kier molecular flexibility index (Phi) is 6.14. The van der Waals surface area contributed by atoms with E-state index in [1.807, 2.05) is 65.2 Å². The fraction of sp³-hybridized carbons (Fsp3) is 0.136. The predicted octanol–water partition coefficient (Wildman–Crippen LogP) is 3.94. The first-order valence-corrected chi connectivity index (χ1v) is 10.3.